The maximum atomic E-state index is 14.5. The second-order valence-electron chi connectivity index (χ2n) is 20.0. The molecular weight excluding hydrogens is 817 g/mol. The quantitative estimate of drug-likeness (QED) is 0.0916. The summed E-state index contributed by atoms with van der Waals surface area (Å²) in [6.07, 6.45) is -0.923. The van der Waals surface area contributed by atoms with Crippen LogP contribution in [-0.2, 0) is 47.6 Å². The van der Waals surface area contributed by atoms with E-state index in [9.17, 15) is 30.0 Å². The fourth-order valence-corrected chi connectivity index (χ4v) is 10.9. The van der Waals surface area contributed by atoms with Crippen LogP contribution in [0.25, 0.3) is 0 Å². The van der Waals surface area contributed by atoms with Gasteiger partial charge in [-0.1, -0.05) is 65.0 Å². The van der Waals surface area contributed by atoms with Gasteiger partial charge in [-0.2, -0.15) is 0 Å². The van der Waals surface area contributed by atoms with Gasteiger partial charge in [-0.05, 0) is 80.2 Å². The van der Waals surface area contributed by atoms with Crippen LogP contribution in [0.3, 0.4) is 0 Å². The van der Waals surface area contributed by atoms with Crippen LogP contribution in [0.4, 0.5) is 0 Å². The van der Waals surface area contributed by atoms with Crippen LogP contribution in [0, 0.1) is 29.6 Å². The van der Waals surface area contributed by atoms with Gasteiger partial charge in [0.15, 0.2) is 18.7 Å². The van der Waals surface area contributed by atoms with E-state index in [1.54, 1.807) is 48.6 Å². The molecule has 0 aromatic heterocycles. The zero-order valence-corrected chi connectivity index (χ0v) is 40.5. The molecule has 4 fully saturated rings. The van der Waals surface area contributed by atoms with E-state index in [-0.39, 0.29) is 31.7 Å². The number of nitrogens with zero attached hydrogens (tertiary/aromatic N) is 1. The number of methoxy groups -OCH3 is 1. The third kappa shape index (κ3) is 13.3. The standard InChI is InChI=1S/C47H84N2O14/c1-14-35-47(11,55)41(52)27(3)38(49-57-22-18-21-33-19-16-15-17-20-33)26(2)24-45(9,54)42(63-36-23-34(51)39(48-12)30(6)58-36)28(4)40(29(5)44(53)61-35)62-37-25-46(10,56-13)43(31(7)59-37)60-32(8)50/h26-31,33-37,39-43,48,51-52,54-55H,14-25H2,1-13H3/b49-38+/t26-,27+,28+,29-,30-,31+,34+,35-,36+,37+,39+,40+,41-,42-,43+,45-,46-,47-/m1/s1. The van der Waals surface area contributed by atoms with Crippen molar-refractivity contribution in [3.63, 3.8) is 0 Å². The molecule has 1 aliphatic carbocycles. The number of rotatable bonds is 13. The molecule has 1 saturated carbocycles. The van der Waals surface area contributed by atoms with E-state index in [4.69, 9.17) is 38.0 Å². The van der Waals surface area contributed by atoms with Crippen LogP contribution >= 0.6 is 0 Å². The highest BCUT2D eigenvalue weighted by Crippen LogP contribution is 2.41. The molecule has 16 heteroatoms. The second-order valence-corrected chi connectivity index (χ2v) is 20.0. The Morgan fingerprint density at radius 3 is 2.14 bits per heavy atom. The summed E-state index contributed by atoms with van der Waals surface area (Å²) in [6.45, 7) is 19.0. The number of nitrogens with one attached hydrogen (secondary N) is 1. The van der Waals surface area contributed by atoms with E-state index in [0.29, 0.717) is 18.2 Å². The summed E-state index contributed by atoms with van der Waals surface area (Å²) in [5, 5.41) is 55.9. The Hall–Kier alpha value is -1.99. The number of carbonyl (C=O) groups is 2. The molecular formula is C47H84N2O14. The fraction of sp³-hybridized carbons (Fsp3) is 0.936. The number of cyclic esters (lactones) is 1. The van der Waals surface area contributed by atoms with Crippen LogP contribution in [-0.4, -0.2) is 143 Å². The highest BCUT2D eigenvalue weighted by atomic mass is 16.7. The minimum Gasteiger partial charge on any atom is -0.459 e. The molecule has 0 unspecified atom stereocenters. The lowest BCUT2D eigenvalue weighted by Gasteiger charge is -2.49. The Labute approximate surface area is 376 Å². The molecule has 3 saturated heterocycles. The van der Waals surface area contributed by atoms with Gasteiger partial charge in [0.25, 0.3) is 0 Å². The third-order valence-corrected chi connectivity index (χ3v) is 14.6. The predicted molar refractivity (Wildman–Crippen MR) is 235 cm³/mol. The van der Waals surface area contributed by atoms with E-state index >= 15 is 0 Å². The average molecular weight is 901 g/mol. The number of likely N-dealkylation sites (N-methyl/N-ethyl adjacent to an activating group) is 1. The number of ether oxygens (including phenoxy) is 7. The van der Waals surface area contributed by atoms with Gasteiger partial charge in [0.1, 0.15) is 23.9 Å². The number of aliphatic hydroxyl groups is 4. The van der Waals surface area contributed by atoms with Gasteiger partial charge in [-0.3, -0.25) is 9.59 Å². The van der Waals surface area contributed by atoms with E-state index in [0.717, 1.165) is 12.8 Å². The highest BCUT2D eigenvalue weighted by Gasteiger charge is 2.54. The molecule has 4 aliphatic rings. The largest absolute Gasteiger partial charge is 0.459 e. The van der Waals surface area contributed by atoms with Crippen molar-refractivity contribution in [1.82, 2.24) is 5.32 Å². The van der Waals surface area contributed by atoms with E-state index < -0.39 is 114 Å². The SMILES string of the molecule is CC[C@H]1OC(=O)[C@H](C)[C@@H](O[C@H]2C[C@@](C)(OC)[C@@H](OC(C)=O)[C@H](C)O2)[C@H](C)[C@@H](O[C@H]2C[C@H](O)[C@@H](NC)[C@@H](C)O2)[C@](C)(O)C[C@@H](C)/C(=N\OCCCC2CCCCC2)[C@H](C)[C@@H](O)[C@]1(C)O. The third-order valence-electron chi connectivity index (χ3n) is 14.6. The number of hydrogen-bond acceptors (Lipinski definition) is 16. The van der Waals surface area contributed by atoms with Gasteiger partial charge >= 0.3 is 11.9 Å². The van der Waals surface area contributed by atoms with Crippen molar-refractivity contribution in [3.8, 4) is 0 Å². The predicted octanol–water partition coefficient (Wildman–Crippen LogP) is 5.18. The summed E-state index contributed by atoms with van der Waals surface area (Å²) in [5.41, 5.74) is -4.25. The molecule has 0 radical (unpaired) electrons. The molecule has 18 atom stereocenters. The summed E-state index contributed by atoms with van der Waals surface area (Å²) in [7, 11) is 3.27. The van der Waals surface area contributed by atoms with Gasteiger partial charge in [0.2, 0.25) is 0 Å². The number of oxime groups is 1. The summed E-state index contributed by atoms with van der Waals surface area (Å²) >= 11 is 0. The Kier molecular flexibility index (Phi) is 19.7. The minimum absolute atomic E-state index is 0.0426. The molecule has 5 N–H and O–H groups in total. The number of carbonyl (C=O) groups excluding carboxylic acids is 2. The van der Waals surface area contributed by atoms with Crippen LogP contribution in [0.15, 0.2) is 5.16 Å². The first-order valence-corrected chi connectivity index (χ1v) is 23.7. The van der Waals surface area contributed by atoms with Crippen LogP contribution < -0.4 is 5.32 Å². The van der Waals surface area contributed by atoms with Gasteiger partial charge in [0.05, 0.1) is 59.9 Å². The zero-order chi connectivity index (χ0) is 47.0. The maximum Gasteiger partial charge on any atom is 0.311 e. The van der Waals surface area contributed by atoms with Gasteiger partial charge in [0, 0.05) is 44.6 Å². The van der Waals surface area contributed by atoms with E-state index in [1.165, 1.54) is 53.1 Å². The normalized spacial score (nSPS) is 44.7. The van der Waals surface area contributed by atoms with Gasteiger partial charge in [-0.25, -0.2) is 0 Å². The minimum atomic E-state index is -1.93. The molecule has 0 amide bonds. The number of hydrogen-bond donors (Lipinski definition) is 5. The lowest BCUT2D eigenvalue weighted by atomic mass is 9.73. The lowest BCUT2D eigenvalue weighted by Crippen LogP contribution is -2.61. The molecule has 16 nitrogen and oxygen atoms in total. The number of esters is 2. The average Bonchev–Trinajstić information content (AvgIpc) is 3.22. The first-order valence-electron chi connectivity index (χ1n) is 23.7. The number of aliphatic hydroxyl groups excluding tert-OH is 2. The Morgan fingerprint density at radius 2 is 1.56 bits per heavy atom. The van der Waals surface area contributed by atoms with Crippen molar-refractivity contribution in [2.24, 2.45) is 34.7 Å². The topological polar surface area (TPSA) is 213 Å². The first-order chi connectivity index (χ1) is 29.5. The monoisotopic (exact) mass is 901 g/mol. The summed E-state index contributed by atoms with van der Waals surface area (Å²) in [6, 6.07) is -0.355. The van der Waals surface area contributed by atoms with Crippen molar-refractivity contribution in [2.75, 3.05) is 20.8 Å². The van der Waals surface area contributed by atoms with Gasteiger partial charge in [-0.15, -0.1) is 0 Å². The molecule has 0 bridgehead atoms. The van der Waals surface area contributed by atoms with Crippen LogP contribution in [0.5, 0.6) is 0 Å². The van der Waals surface area contributed by atoms with Crippen LogP contribution in [0.2, 0.25) is 0 Å². The van der Waals surface area contributed by atoms with E-state index in [1.807, 2.05) is 20.8 Å². The van der Waals surface area contributed by atoms with Gasteiger partial charge < -0.3 is 63.7 Å². The zero-order valence-electron chi connectivity index (χ0n) is 40.5. The van der Waals surface area contributed by atoms with Crippen molar-refractivity contribution < 1.29 is 68.0 Å². The molecule has 0 spiro atoms. The molecule has 366 valence electrons. The molecule has 0 aromatic rings. The molecule has 3 aliphatic heterocycles. The Balaban J connectivity index is 1.79. The molecule has 63 heavy (non-hydrogen) atoms. The molecule has 3 heterocycles. The Bertz CT molecular complexity index is 1460. The summed E-state index contributed by atoms with van der Waals surface area (Å²) in [5.74, 6) is -3.71. The highest BCUT2D eigenvalue weighted by molar-refractivity contribution is 5.88. The van der Waals surface area contributed by atoms with Crippen molar-refractivity contribution >= 4 is 17.7 Å². The van der Waals surface area contributed by atoms with Crippen molar-refractivity contribution in [3.05, 3.63) is 0 Å². The van der Waals surface area contributed by atoms with E-state index in [2.05, 4.69) is 10.5 Å². The maximum absolute atomic E-state index is 14.5. The van der Waals surface area contributed by atoms with Crippen molar-refractivity contribution in [2.45, 2.75) is 231 Å². The smallest absolute Gasteiger partial charge is 0.311 e. The summed E-state index contributed by atoms with van der Waals surface area (Å²) in [4.78, 5) is 32.6. The molecule has 0 aromatic carbocycles. The fourth-order valence-electron chi connectivity index (χ4n) is 10.9. The lowest BCUT2D eigenvalue weighted by molar-refractivity contribution is -0.311. The molecule has 4 rings (SSSR count). The van der Waals surface area contributed by atoms with Crippen molar-refractivity contribution in [1.29, 1.82) is 0 Å². The summed E-state index contributed by atoms with van der Waals surface area (Å²) < 4.78 is 44.0. The van der Waals surface area contributed by atoms with Crippen LogP contribution in [0.1, 0.15) is 147 Å². The second kappa shape index (κ2) is 23.1. The Morgan fingerprint density at radius 1 is 0.905 bits per heavy atom. The first kappa shape index (κ1) is 53.6.